The van der Waals surface area contributed by atoms with Crippen LogP contribution in [-0.4, -0.2) is 48.0 Å². The normalized spacial score (nSPS) is 10.3. The second-order valence-corrected chi connectivity index (χ2v) is 4.94. The Morgan fingerprint density at radius 2 is 2.00 bits per heavy atom. The first-order valence-corrected chi connectivity index (χ1v) is 7.44. The molecule has 0 aliphatic heterocycles. The molecular weight excluding hydrogens is 262 g/mol. The lowest BCUT2D eigenvalue weighted by Crippen LogP contribution is -2.34. The lowest BCUT2D eigenvalue weighted by atomic mass is 10.3. The first-order chi connectivity index (χ1) is 9.21. The second-order valence-electron chi connectivity index (χ2n) is 3.89. The highest BCUT2D eigenvalue weighted by Crippen LogP contribution is 2.21. The summed E-state index contributed by atoms with van der Waals surface area (Å²) in [7, 11) is 0. The Kier molecular flexibility index (Phi) is 7.36. The minimum Gasteiger partial charge on any atom is -0.494 e. The van der Waals surface area contributed by atoms with E-state index in [1.807, 2.05) is 38.1 Å². The highest BCUT2D eigenvalue weighted by atomic mass is 32.2. The van der Waals surface area contributed by atoms with E-state index in [0.717, 1.165) is 10.6 Å². The molecule has 4 nitrogen and oxygen atoms in total. The zero-order chi connectivity index (χ0) is 14.1. The number of aliphatic hydroxyl groups is 1. The molecule has 0 aromatic heterocycles. The molecule has 1 amide bonds. The van der Waals surface area contributed by atoms with E-state index in [9.17, 15) is 4.79 Å². The Bertz CT molecular complexity index is 381. The van der Waals surface area contributed by atoms with Crippen molar-refractivity contribution in [3.8, 4) is 5.75 Å². The maximum Gasteiger partial charge on any atom is 0.233 e. The molecule has 0 aliphatic rings. The van der Waals surface area contributed by atoms with Crippen LogP contribution in [0.5, 0.6) is 5.75 Å². The van der Waals surface area contributed by atoms with Crippen molar-refractivity contribution in [2.75, 3.05) is 32.1 Å². The number of carbonyl (C=O) groups is 1. The van der Waals surface area contributed by atoms with Crippen molar-refractivity contribution in [2.45, 2.75) is 18.7 Å². The van der Waals surface area contributed by atoms with Crippen LogP contribution in [0.15, 0.2) is 29.2 Å². The SMILES string of the molecule is CCOc1ccc(SCC(=O)N(CC)CCO)cc1. The largest absolute Gasteiger partial charge is 0.494 e. The van der Waals surface area contributed by atoms with Gasteiger partial charge in [-0.15, -0.1) is 11.8 Å². The number of ether oxygens (including phenoxy) is 1. The smallest absolute Gasteiger partial charge is 0.233 e. The Labute approximate surface area is 118 Å². The molecule has 0 radical (unpaired) electrons. The van der Waals surface area contributed by atoms with Crippen LogP contribution < -0.4 is 4.74 Å². The fourth-order valence-electron chi connectivity index (χ4n) is 1.61. The molecule has 1 aromatic carbocycles. The molecule has 0 spiro atoms. The van der Waals surface area contributed by atoms with Crippen molar-refractivity contribution in [1.29, 1.82) is 0 Å². The molecule has 5 heteroatoms. The Hall–Kier alpha value is -1.20. The molecule has 106 valence electrons. The molecule has 0 bridgehead atoms. The molecule has 0 saturated carbocycles. The van der Waals surface area contributed by atoms with E-state index in [1.54, 1.807) is 4.90 Å². The summed E-state index contributed by atoms with van der Waals surface area (Å²) in [5, 5.41) is 8.87. The Morgan fingerprint density at radius 3 is 2.53 bits per heavy atom. The van der Waals surface area contributed by atoms with Crippen LogP contribution in [0, 0.1) is 0 Å². The number of aliphatic hydroxyl groups excluding tert-OH is 1. The van der Waals surface area contributed by atoms with Crippen molar-refractivity contribution in [2.24, 2.45) is 0 Å². The number of benzene rings is 1. The Balaban J connectivity index is 2.45. The van der Waals surface area contributed by atoms with Crippen LogP contribution in [0.3, 0.4) is 0 Å². The molecule has 0 aliphatic carbocycles. The van der Waals surface area contributed by atoms with Gasteiger partial charge in [0.05, 0.1) is 19.0 Å². The van der Waals surface area contributed by atoms with Crippen LogP contribution in [0.4, 0.5) is 0 Å². The quantitative estimate of drug-likeness (QED) is 0.742. The zero-order valence-electron chi connectivity index (χ0n) is 11.5. The number of amides is 1. The summed E-state index contributed by atoms with van der Waals surface area (Å²) in [4.78, 5) is 14.6. The van der Waals surface area contributed by atoms with Crippen LogP contribution >= 0.6 is 11.8 Å². The molecular formula is C14H21NO3S. The van der Waals surface area contributed by atoms with Crippen LogP contribution in [0.2, 0.25) is 0 Å². The number of nitrogens with zero attached hydrogens (tertiary/aromatic N) is 1. The monoisotopic (exact) mass is 283 g/mol. The summed E-state index contributed by atoms with van der Waals surface area (Å²) in [5.41, 5.74) is 0. The molecule has 0 unspecified atom stereocenters. The molecule has 1 N–H and O–H groups in total. The topological polar surface area (TPSA) is 49.8 Å². The molecule has 0 saturated heterocycles. The molecule has 19 heavy (non-hydrogen) atoms. The van der Waals surface area contributed by atoms with E-state index in [2.05, 4.69) is 0 Å². The van der Waals surface area contributed by atoms with Crippen molar-refractivity contribution >= 4 is 17.7 Å². The fraction of sp³-hybridized carbons (Fsp3) is 0.500. The maximum absolute atomic E-state index is 11.9. The number of rotatable bonds is 8. The maximum atomic E-state index is 11.9. The van der Waals surface area contributed by atoms with Gasteiger partial charge >= 0.3 is 0 Å². The van der Waals surface area contributed by atoms with Crippen molar-refractivity contribution in [1.82, 2.24) is 4.90 Å². The van der Waals surface area contributed by atoms with Gasteiger partial charge in [0, 0.05) is 18.0 Å². The van der Waals surface area contributed by atoms with E-state index in [4.69, 9.17) is 9.84 Å². The number of thioether (sulfide) groups is 1. The van der Waals surface area contributed by atoms with Gasteiger partial charge in [-0.3, -0.25) is 4.79 Å². The van der Waals surface area contributed by atoms with Crippen LogP contribution in [0.1, 0.15) is 13.8 Å². The second kappa shape index (κ2) is 8.82. The van der Waals surface area contributed by atoms with Crippen molar-refractivity contribution in [3.63, 3.8) is 0 Å². The zero-order valence-corrected chi connectivity index (χ0v) is 12.3. The van der Waals surface area contributed by atoms with Gasteiger partial charge in [-0.1, -0.05) is 0 Å². The lowest BCUT2D eigenvalue weighted by molar-refractivity contribution is -0.128. The summed E-state index contributed by atoms with van der Waals surface area (Å²) in [5.74, 6) is 1.28. The first-order valence-electron chi connectivity index (χ1n) is 6.45. The average Bonchev–Trinajstić information content (AvgIpc) is 2.44. The third kappa shape index (κ3) is 5.53. The highest BCUT2D eigenvalue weighted by Gasteiger charge is 2.11. The third-order valence-electron chi connectivity index (χ3n) is 2.60. The Morgan fingerprint density at radius 1 is 1.32 bits per heavy atom. The van der Waals surface area contributed by atoms with E-state index in [-0.39, 0.29) is 12.5 Å². The minimum atomic E-state index is 0.00724. The van der Waals surface area contributed by atoms with E-state index >= 15 is 0 Å². The molecule has 0 atom stereocenters. The summed E-state index contributed by atoms with van der Waals surface area (Å²) in [6, 6.07) is 7.71. The summed E-state index contributed by atoms with van der Waals surface area (Å²) < 4.78 is 5.36. The number of likely N-dealkylation sites (N-methyl/N-ethyl adjacent to an activating group) is 1. The fourth-order valence-corrected chi connectivity index (χ4v) is 2.42. The summed E-state index contributed by atoms with van der Waals surface area (Å²) >= 11 is 1.50. The van der Waals surface area contributed by atoms with E-state index in [1.165, 1.54) is 11.8 Å². The predicted octanol–water partition coefficient (Wildman–Crippen LogP) is 2.02. The van der Waals surface area contributed by atoms with Gasteiger partial charge in [0.2, 0.25) is 5.91 Å². The van der Waals surface area contributed by atoms with E-state index < -0.39 is 0 Å². The molecule has 1 rings (SSSR count). The van der Waals surface area contributed by atoms with Gasteiger partial charge in [0.25, 0.3) is 0 Å². The van der Waals surface area contributed by atoms with Gasteiger partial charge in [-0.05, 0) is 38.1 Å². The van der Waals surface area contributed by atoms with E-state index in [0.29, 0.717) is 25.4 Å². The highest BCUT2D eigenvalue weighted by molar-refractivity contribution is 8.00. The number of carbonyl (C=O) groups excluding carboxylic acids is 1. The standard InChI is InChI=1S/C14H21NO3S/c1-3-15(9-10-16)14(17)11-19-13-7-5-12(6-8-13)18-4-2/h5-8,16H,3-4,9-11H2,1-2H3. The van der Waals surface area contributed by atoms with Crippen molar-refractivity contribution < 1.29 is 14.6 Å². The predicted molar refractivity (Wildman–Crippen MR) is 77.7 cm³/mol. The first kappa shape index (κ1) is 15.9. The number of hydrogen-bond acceptors (Lipinski definition) is 4. The number of hydrogen-bond donors (Lipinski definition) is 1. The lowest BCUT2D eigenvalue weighted by Gasteiger charge is -2.19. The molecule has 0 heterocycles. The summed E-state index contributed by atoms with van der Waals surface area (Å²) in [6.07, 6.45) is 0. The van der Waals surface area contributed by atoms with Gasteiger partial charge in [-0.25, -0.2) is 0 Å². The molecule has 0 fully saturated rings. The van der Waals surface area contributed by atoms with Gasteiger partial charge in [0.1, 0.15) is 5.75 Å². The third-order valence-corrected chi connectivity index (χ3v) is 3.60. The van der Waals surface area contributed by atoms with Crippen LogP contribution in [-0.2, 0) is 4.79 Å². The average molecular weight is 283 g/mol. The molecule has 1 aromatic rings. The van der Waals surface area contributed by atoms with Crippen LogP contribution in [0.25, 0.3) is 0 Å². The minimum absolute atomic E-state index is 0.00724. The van der Waals surface area contributed by atoms with Gasteiger partial charge in [-0.2, -0.15) is 0 Å². The van der Waals surface area contributed by atoms with Gasteiger partial charge < -0.3 is 14.7 Å². The summed E-state index contributed by atoms with van der Waals surface area (Å²) in [6.45, 7) is 5.55. The van der Waals surface area contributed by atoms with Gasteiger partial charge in [0.15, 0.2) is 0 Å². The van der Waals surface area contributed by atoms with Crippen molar-refractivity contribution in [3.05, 3.63) is 24.3 Å².